The van der Waals surface area contributed by atoms with Gasteiger partial charge < -0.3 is 15.4 Å². The molecule has 0 radical (unpaired) electrons. The summed E-state index contributed by atoms with van der Waals surface area (Å²) in [5.41, 5.74) is 0.507. The van der Waals surface area contributed by atoms with E-state index >= 15 is 0 Å². The van der Waals surface area contributed by atoms with E-state index in [1.165, 1.54) is 16.4 Å². The molecule has 0 bridgehead atoms. The van der Waals surface area contributed by atoms with Crippen LogP contribution in [0.3, 0.4) is 0 Å². The van der Waals surface area contributed by atoms with Gasteiger partial charge in [-0.25, -0.2) is 8.42 Å². The Labute approximate surface area is 168 Å². The lowest BCUT2D eigenvalue weighted by Gasteiger charge is -2.34. The molecule has 1 aliphatic rings. The van der Waals surface area contributed by atoms with Crippen LogP contribution in [-0.2, 0) is 14.8 Å². The predicted octanol–water partition coefficient (Wildman–Crippen LogP) is 1.99. The van der Waals surface area contributed by atoms with Crippen molar-refractivity contribution in [2.75, 3.05) is 26.2 Å². The summed E-state index contributed by atoms with van der Waals surface area (Å²) in [6.07, 6.45) is 0.538. The van der Waals surface area contributed by atoms with Crippen LogP contribution in [0.2, 0.25) is 0 Å². The topological polar surface area (TPSA) is 87.7 Å². The molecule has 0 unspecified atom stereocenters. The highest BCUT2D eigenvalue weighted by Crippen LogP contribution is 2.21. The van der Waals surface area contributed by atoms with Gasteiger partial charge in [0.2, 0.25) is 10.0 Å². The summed E-state index contributed by atoms with van der Waals surface area (Å²) in [6, 6.07) is 6.11. The van der Waals surface area contributed by atoms with Gasteiger partial charge >= 0.3 is 0 Å². The number of morpholine rings is 1. The van der Waals surface area contributed by atoms with Crippen molar-refractivity contribution in [2.45, 2.75) is 63.7 Å². The Kier molecular flexibility index (Phi) is 7.61. The molecule has 28 heavy (non-hydrogen) atoms. The first kappa shape index (κ1) is 22.8. The third-order valence-electron chi connectivity index (χ3n) is 4.43. The predicted molar refractivity (Wildman–Crippen MR) is 110 cm³/mol. The maximum atomic E-state index is 12.8. The Hall–Kier alpha value is -1.48. The van der Waals surface area contributed by atoms with Gasteiger partial charge in [-0.3, -0.25) is 4.79 Å². The zero-order valence-corrected chi connectivity index (χ0v) is 18.3. The molecule has 0 spiro atoms. The van der Waals surface area contributed by atoms with E-state index < -0.39 is 10.0 Å². The number of benzene rings is 1. The van der Waals surface area contributed by atoms with Crippen molar-refractivity contribution in [1.82, 2.24) is 14.9 Å². The Morgan fingerprint density at radius 2 is 1.68 bits per heavy atom. The fraction of sp³-hybridized carbons (Fsp3) is 0.650. The van der Waals surface area contributed by atoms with Gasteiger partial charge in [0.15, 0.2) is 0 Å². The molecule has 0 aliphatic carbocycles. The smallest absolute Gasteiger partial charge is 0.251 e. The van der Waals surface area contributed by atoms with Gasteiger partial charge in [-0.2, -0.15) is 4.31 Å². The summed E-state index contributed by atoms with van der Waals surface area (Å²) in [4.78, 5) is 12.4. The number of ether oxygens (including phenoxy) is 1. The third kappa shape index (κ3) is 6.55. The molecule has 1 aliphatic heterocycles. The number of hydrogen-bond donors (Lipinski definition) is 2. The Morgan fingerprint density at radius 3 is 2.21 bits per heavy atom. The first-order valence-corrected chi connectivity index (χ1v) is 11.2. The standard InChI is InChI=1S/C20H33N3O4S/c1-15-13-23(14-16(2)27-15)28(25,26)18-9-7-17(8-10-18)19(24)21-11-6-12-22-20(3,4)5/h7-10,15-16,22H,6,11-14H2,1-5H3,(H,21,24)/t15-,16-/m1/s1. The summed E-state index contributed by atoms with van der Waals surface area (Å²) >= 11 is 0. The van der Waals surface area contributed by atoms with E-state index in [-0.39, 0.29) is 28.5 Å². The van der Waals surface area contributed by atoms with E-state index in [1.807, 2.05) is 13.8 Å². The third-order valence-corrected chi connectivity index (χ3v) is 6.28. The SMILES string of the molecule is C[C@@H]1CN(S(=O)(=O)c2ccc(C(=O)NCCCNC(C)(C)C)cc2)C[C@@H](C)O1. The van der Waals surface area contributed by atoms with Crippen LogP contribution in [0.1, 0.15) is 51.4 Å². The summed E-state index contributed by atoms with van der Waals surface area (Å²) < 4.78 is 32.7. The molecule has 1 saturated heterocycles. The zero-order chi connectivity index (χ0) is 20.9. The van der Waals surface area contributed by atoms with Gasteiger partial charge in [0.05, 0.1) is 17.1 Å². The number of rotatable bonds is 7. The lowest BCUT2D eigenvalue weighted by Crippen LogP contribution is -2.48. The molecule has 1 heterocycles. The van der Waals surface area contributed by atoms with Gasteiger partial charge in [0.1, 0.15) is 0 Å². The van der Waals surface area contributed by atoms with Crippen molar-refractivity contribution in [2.24, 2.45) is 0 Å². The van der Waals surface area contributed by atoms with Crippen molar-refractivity contribution in [3.63, 3.8) is 0 Å². The minimum absolute atomic E-state index is 0.0569. The van der Waals surface area contributed by atoms with Crippen molar-refractivity contribution >= 4 is 15.9 Å². The summed E-state index contributed by atoms with van der Waals surface area (Å²) in [5, 5.41) is 6.23. The van der Waals surface area contributed by atoms with Crippen LogP contribution in [-0.4, -0.2) is 62.6 Å². The molecule has 0 aromatic heterocycles. The molecule has 0 saturated carbocycles. The van der Waals surface area contributed by atoms with Crippen LogP contribution in [0.5, 0.6) is 0 Å². The Balaban J connectivity index is 1.92. The van der Waals surface area contributed by atoms with Crippen LogP contribution in [0.15, 0.2) is 29.2 Å². The molecular weight excluding hydrogens is 378 g/mol. The fourth-order valence-corrected chi connectivity index (χ4v) is 4.70. The minimum atomic E-state index is -3.60. The van der Waals surface area contributed by atoms with E-state index in [0.717, 1.165) is 13.0 Å². The van der Waals surface area contributed by atoms with Crippen molar-refractivity contribution in [1.29, 1.82) is 0 Å². The molecule has 2 rings (SSSR count). The second-order valence-electron chi connectivity index (χ2n) is 8.39. The molecule has 1 aromatic carbocycles. The zero-order valence-electron chi connectivity index (χ0n) is 17.5. The number of nitrogens with one attached hydrogen (secondary N) is 2. The molecule has 1 fully saturated rings. The number of sulfonamides is 1. The number of nitrogens with zero attached hydrogens (tertiary/aromatic N) is 1. The van der Waals surface area contributed by atoms with Crippen molar-refractivity contribution in [3.8, 4) is 0 Å². The highest BCUT2D eigenvalue weighted by atomic mass is 32.2. The second-order valence-corrected chi connectivity index (χ2v) is 10.3. The normalized spacial score (nSPS) is 21.5. The molecule has 8 heteroatoms. The van der Waals surface area contributed by atoms with Gasteiger partial charge in [-0.05, 0) is 71.8 Å². The molecule has 7 nitrogen and oxygen atoms in total. The van der Waals surface area contributed by atoms with Gasteiger partial charge in [0.25, 0.3) is 5.91 Å². The van der Waals surface area contributed by atoms with Crippen LogP contribution in [0, 0.1) is 0 Å². The van der Waals surface area contributed by atoms with E-state index in [2.05, 4.69) is 31.4 Å². The highest BCUT2D eigenvalue weighted by molar-refractivity contribution is 7.89. The maximum Gasteiger partial charge on any atom is 0.251 e. The largest absolute Gasteiger partial charge is 0.373 e. The van der Waals surface area contributed by atoms with Crippen LogP contribution >= 0.6 is 0 Å². The van der Waals surface area contributed by atoms with E-state index in [9.17, 15) is 13.2 Å². The molecule has 2 N–H and O–H groups in total. The van der Waals surface area contributed by atoms with E-state index in [0.29, 0.717) is 25.2 Å². The molecule has 2 atom stereocenters. The molecule has 158 valence electrons. The first-order chi connectivity index (χ1) is 13.0. The number of carbonyl (C=O) groups is 1. The Morgan fingerprint density at radius 1 is 1.11 bits per heavy atom. The fourth-order valence-electron chi connectivity index (χ4n) is 3.11. The number of amides is 1. The first-order valence-electron chi connectivity index (χ1n) is 9.78. The van der Waals surface area contributed by atoms with Gasteiger partial charge in [0, 0.05) is 30.7 Å². The number of hydrogen-bond acceptors (Lipinski definition) is 5. The highest BCUT2D eigenvalue weighted by Gasteiger charge is 2.32. The second kappa shape index (κ2) is 9.35. The average Bonchev–Trinajstić information content (AvgIpc) is 2.59. The minimum Gasteiger partial charge on any atom is -0.373 e. The summed E-state index contributed by atoms with van der Waals surface area (Å²) in [7, 11) is -3.60. The van der Waals surface area contributed by atoms with Crippen LogP contribution < -0.4 is 10.6 Å². The lowest BCUT2D eigenvalue weighted by molar-refractivity contribution is -0.0440. The van der Waals surface area contributed by atoms with Crippen LogP contribution in [0.4, 0.5) is 0 Å². The van der Waals surface area contributed by atoms with E-state index in [1.54, 1.807) is 12.1 Å². The van der Waals surface area contributed by atoms with Crippen molar-refractivity contribution in [3.05, 3.63) is 29.8 Å². The van der Waals surface area contributed by atoms with Gasteiger partial charge in [-0.15, -0.1) is 0 Å². The Bertz CT molecular complexity index is 747. The van der Waals surface area contributed by atoms with Gasteiger partial charge in [-0.1, -0.05) is 0 Å². The molecule has 1 amide bonds. The quantitative estimate of drug-likeness (QED) is 0.670. The number of carbonyl (C=O) groups excluding carboxylic acids is 1. The van der Waals surface area contributed by atoms with Crippen LogP contribution in [0.25, 0.3) is 0 Å². The average molecular weight is 412 g/mol. The van der Waals surface area contributed by atoms with Crippen molar-refractivity contribution < 1.29 is 17.9 Å². The summed E-state index contributed by atoms with van der Waals surface area (Å²) in [6.45, 7) is 12.1. The lowest BCUT2D eigenvalue weighted by atomic mass is 10.1. The summed E-state index contributed by atoms with van der Waals surface area (Å²) in [5.74, 6) is -0.201. The monoisotopic (exact) mass is 411 g/mol. The van der Waals surface area contributed by atoms with E-state index in [4.69, 9.17) is 4.74 Å². The molecule has 1 aromatic rings. The maximum absolute atomic E-state index is 12.8. The molecular formula is C20H33N3O4S.